The number of aliphatic hydroxyl groups is 1. The van der Waals surface area contributed by atoms with E-state index in [0.717, 1.165) is 11.0 Å². The number of morpholine rings is 1. The van der Waals surface area contributed by atoms with E-state index < -0.39 is 5.79 Å². The lowest BCUT2D eigenvalue weighted by Gasteiger charge is -2.42. The summed E-state index contributed by atoms with van der Waals surface area (Å²) in [4.78, 5) is 0. The summed E-state index contributed by atoms with van der Waals surface area (Å²) >= 11 is 6.09. The summed E-state index contributed by atoms with van der Waals surface area (Å²) in [7, 11) is 4.15. The van der Waals surface area contributed by atoms with E-state index in [4.69, 9.17) is 16.3 Å². The first-order valence-electron chi connectivity index (χ1n) is 5.36. The summed E-state index contributed by atoms with van der Waals surface area (Å²) in [5, 5.41) is 11.1. The maximum absolute atomic E-state index is 10.5. The molecule has 1 fully saturated rings. The quantitative estimate of drug-likeness (QED) is 0.758. The Hall–Kier alpha value is -0.610. The molecule has 2 rings (SSSR count). The van der Waals surface area contributed by atoms with Crippen molar-refractivity contribution in [1.29, 1.82) is 0 Å². The molecule has 88 valence electrons. The molecule has 1 aromatic carbocycles. The minimum atomic E-state index is -1.26. The first-order valence-corrected chi connectivity index (χ1v) is 5.74. The number of quaternary nitrogens is 1. The fourth-order valence-electron chi connectivity index (χ4n) is 2.11. The van der Waals surface area contributed by atoms with E-state index in [9.17, 15) is 5.11 Å². The third-order valence-electron chi connectivity index (χ3n) is 2.97. The summed E-state index contributed by atoms with van der Waals surface area (Å²) in [5.41, 5.74) is 0.655. The van der Waals surface area contributed by atoms with Crippen LogP contribution in [0.1, 0.15) is 5.56 Å². The van der Waals surface area contributed by atoms with Crippen LogP contribution in [0.3, 0.4) is 0 Å². The largest absolute Gasteiger partial charge is 0.357 e. The highest BCUT2D eigenvalue weighted by Crippen LogP contribution is 2.33. The van der Waals surface area contributed by atoms with Crippen molar-refractivity contribution in [2.45, 2.75) is 5.79 Å². The molecule has 1 unspecified atom stereocenters. The second-order valence-electron chi connectivity index (χ2n) is 4.93. The number of halogens is 1. The van der Waals surface area contributed by atoms with Crippen LogP contribution < -0.4 is 0 Å². The number of likely N-dealkylation sites (N-methyl/N-ethyl adjacent to an activating group) is 1. The highest BCUT2D eigenvalue weighted by molar-refractivity contribution is 6.31. The number of nitrogens with zero attached hydrogens (tertiary/aromatic N) is 1. The summed E-state index contributed by atoms with van der Waals surface area (Å²) in [6.45, 7) is 1.94. The van der Waals surface area contributed by atoms with Crippen molar-refractivity contribution >= 4 is 11.6 Å². The van der Waals surface area contributed by atoms with Gasteiger partial charge in [-0.2, -0.15) is 0 Å². The minimum absolute atomic E-state index is 0.511. The fraction of sp³-hybridized carbons (Fsp3) is 0.500. The predicted molar refractivity (Wildman–Crippen MR) is 63.1 cm³/mol. The number of hydrogen-bond acceptors (Lipinski definition) is 2. The van der Waals surface area contributed by atoms with Crippen molar-refractivity contribution in [2.24, 2.45) is 0 Å². The molecular weight excluding hydrogens is 226 g/mol. The van der Waals surface area contributed by atoms with E-state index in [1.807, 2.05) is 18.2 Å². The van der Waals surface area contributed by atoms with Gasteiger partial charge in [-0.1, -0.05) is 29.8 Å². The smallest absolute Gasteiger partial charge is 0.245 e. The zero-order valence-electron chi connectivity index (χ0n) is 9.61. The first-order chi connectivity index (χ1) is 7.43. The van der Waals surface area contributed by atoms with E-state index in [2.05, 4.69) is 14.1 Å². The van der Waals surface area contributed by atoms with Gasteiger partial charge in [-0.3, -0.25) is 0 Å². The highest BCUT2D eigenvalue weighted by Gasteiger charge is 2.43. The summed E-state index contributed by atoms with van der Waals surface area (Å²) in [6, 6.07) is 7.29. The molecule has 16 heavy (non-hydrogen) atoms. The van der Waals surface area contributed by atoms with Gasteiger partial charge in [0.25, 0.3) is 0 Å². The summed E-state index contributed by atoms with van der Waals surface area (Å²) < 4.78 is 6.25. The Morgan fingerprint density at radius 1 is 1.38 bits per heavy atom. The van der Waals surface area contributed by atoms with Crippen molar-refractivity contribution in [3.63, 3.8) is 0 Å². The molecule has 0 radical (unpaired) electrons. The van der Waals surface area contributed by atoms with Crippen LogP contribution >= 0.6 is 11.6 Å². The van der Waals surface area contributed by atoms with Gasteiger partial charge in [0.2, 0.25) is 5.79 Å². The molecule has 1 aliphatic heterocycles. The summed E-state index contributed by atoms with van der Waals surface area (Å²) in [6.07, 6.45) is 0. The van der Waals surface area contributed by atoms with Gasteiger partial charge in [0, 0.05) is 10.6 Å². The van der Waals surface area contributed by atoms with Gasteiger partial charge in [-0.05, 0) is 6.07 Å². The second-order valence-corrected chi connectivity index (χ2v) is 5.34. The molecule has 4 heteroatoms. The van der Waals surface area contributed by atoms with Gasteiger partial charge in [0.05, 0.1) is 20.7 Å². The molecule has 0 saturated carbocycles. The molecule has 1 N–H and O–H groups in total. The van der Waals surface area contributed by atoms with Gasteiger partial charge in [0.1, 0.15) is 13.1 Å². The molecule has 0 bridgehead atoms. The Morgan fingerprint density at radius 2 is 2.06 bits per heavy atom. The number of ether oxygens (including phenoxy) is 1. The van der Waals surface area contributed by atoms with E-state index in [1.54, 1.807) is 6.07 Å². The van der Waals surface area contributed by atoms with E-state index in [0.29, 0.717) is 23.7 Å². The van der Waals surface area contributed by atoms with Gasteiger partial charge in [0.15, 0.2) is 0 Å². The first kappa shape index (κ1) is 11.9. The maximum Gasteiger partial charge on any atom is 0.245 e. The van der Waals surface area contributed by atoms with Crippen LogP contribution in [0.25, 0.3) is 0 Å². The number of hydrogen-bond donors (Lipinski definition) is 1. The van der Waals surface area contributed by atoms with Crippen molar-refractivity contribution in [1.82, 2.24) is 0 Å². The summed E-state index contributed by atoms with van der Waals surface area (Å²) in [5.74, 6) is -1.26. The van der Waals surface area contributed by atoms with Crippen LogP contribution in [0.2, 0.25) is 5.02 Å². The second kappa shape index (κ2) is 4.00. The Kier molecular flexibility index (Phi) is 2.97. The molecule has 1 aliphatic rings. The SMILES string of the molecule is C[N+]1(C)CCOC(O)(c2ccccc2Cl)C1. The van der Waals surface area contributed by atoms with Crippen molar-refractivity contribution in [3.05, 3.63) is 34.9 Å². The number of benzene rings is 1. The molecule has 3 nitrogen and oxygen atoms in total. The lowest BCUT2D eigenvalue weighted by Crippen LogP contribution is -2.57. The average molecular weight is 243 g/mol. The van der Waals surface area contributed by atoms with Crippen molar-refractivity contribution in [3.8, 4) is 0 Å². The monoisotopic (exact) mass is 242 g/mol. The van der Waals surface area contributed by atoms with Crippen LogP contribution in [-0.4, -0.2) is 43.4 Å². The molecule has 1 atom stereocenters. The zero-order valence-corrected chi connectivity index (χ0v) is 10.4. The lowest BCUT2D eigenvalue weighted by atomic mass is 10.0. The van der Waals surface area contributed by atoms with E-state index in [-0.39, 0.29) is 0 Å². The Balaban J connectivity index is 2.35. The van der Waals surface area contributed by atoms with Gasteiger partial charge >= 0.3 is 0 Å². The third kappa shape index (κ3) is 2.23. The number of rotatable bonds is 1. The normalized spacial score (nSPS) is 29.0. The minimum Gasteiger partial charge on any atom is -0.357 e. The van der Waals surface area contributed by atoms with Crippen molar-refractivity contribution < 1.29 is 14.3 Å². The van der Waals surface area contributed by atoms with E-state index in [1.165, 1.54) is 0 Å². The van der Waals surface area contributed by atoms with Crippen LogP contribution in [0.4, 0.5) is 0 Å². The van der Waals surface area contributed by atoms with Crippen LogP contribution in [0.5, 0.6) is 0 Å². The molecule has 1 aromatic rings. The molecule has 0 amide bonds. The third-order valence-corrected chi connectivity index (χ3v) is 3.30. The van der Waals surface area contributed by atoms with E-state index >= 15 is 0 Å². The van der Waals surface area contributed by atoms with Gasteiger partial charge in [-0.15, -0.1) is 0 Å². The molecule has 0 aliphatic carbocycles. The average Bonchev–Trinajstić information content (AvgIpc) is 2.16. The Labute approximate surface area is 101 Å². The van der Waals surface area contributed by atoms with Crippen molar-refractivity contribution in [2.75, 3.05) is 33.8 Å². The maximum atomic E-state index is 10.5. The lowest BCUT2D eigenvalue weighted by molar-refractivity contribution is -0.912. The fourth-order valence-corrected chi connectivity index (χ4v) is 2.39. The molecule has 1 saturated heterocycles. The molecular formula is C12H17ClNO2+. The van der Waals surface area contributed by atoms with Gasteiger partial charge < -0.3 is 14.3 Å². The Bertz CT molecular complexity index is 394. The highest BCUT2D eigenvalue weighted by atomic mass is 35.5. The molecule has 0 aromatic heterocycles. The topological polar surface area (TPSA) is 29.5 Å². The van der Waals surface area contributed by atoms with Crippen LogP contribution in [0, 0.1) is 0 Å². The van der Waals surface area contributed by atoms with Crippen LogP contribution in [0.15, 0.2) is 24.3 Å². The van der Waals surface area contributed by atoms with Crippen LogP contribution in [-0.2, 0) is 10.5 Å². The molecule has 1 heterocycles. The zero-order chi connectivity index (χ0) is 11.8. The molecule has 0 spiro atoms. The standard InChI is InChI=1S/C12H17ClNO2/c1-14(2)7-8-16-12(15,9-14)10-5-3-4-6-11(10)13/h3-6,15H,7-9H2,1-2H3/q+1. The van der Waals surface area contributed by atoms with Gasteiger partial charge in [-0.25, -0.2) is 0 Å². The Morgan fingerprint density at radius 3 is 2.69 bits per heavy atom. The predicted octanol–water partition coefficient (Wildman–Crippen LogP) is 1.59.